The number of aromatic nitrogens is 1. The Balaban J connectivity index is 2.03. The molecular weight excluding hydrogens is 237 g/mol. The minimum atomic E-state index is -0.479. The van der Waals surface area contributed by atoms with E-state index in [9.17, 15) is 9.18 Å². The van der Waals surface area contributed by atoms with Crippen molar-refractivity contribution in [2.45, 2.75) is 13.5 Å². The summed E-state index contributed by atoms with van der Waals surface area (Å²) in [6, 6.07) is 3.62. The number of nitrogens with zero attached hydrogens (tertiary/aromatic N) is 1. The molecule has 0 atom stereocenters. The van der Waals surface area contributed by atoms with Crippen molar-refractivity contribution < 1.29 is 13.6 Å². The van der Waals surface area contributed by atoms with Crippen LogP contribution in [-0.4, -0.2) is 10.9 Å². The highest BCUT2D eigenvalue weighted by Gasteiger charge is 2.11. The van der Waals surface area contributed by atoms with E-state index in [-0.39, 0.29) is 17.8 Å². The third kappa shape index (κ3) is 2.65. The number of rotatable bonds is 3. The topological polar surface area (TPSA) is 81.2 Å². The molecule has 0 aliphatic carbocycles. The number of nitrogens with two attached hydrogens (primary N) is 1. The number of hydrogen-bond acceptors (Lipinski definition) is 4. The highest BCUT2D eigenvalue weighted by Crippen LogP contribution is 2.13. The van der Waals surface area contributed by atoms with Crippen molar-refractivity contribution in [2.24, 2.45) is 0 Å². The molecular formula is C12H12FN3O2. The van der Waals surface area contributed by atoms with E-state index in [0.29, 0.717) is 11.7 Å². The van der Waals surface area contributed by atoms with Crippen molar-refractivity contribution >= 4 is 11.6 Å². The van der Waals surface area contributed by atoms with E-state index < -0.39 is 11.7 Å². The molecule has 0 fully saturated rings. The zero-order valence-electron chi connectivity index (χ0n) is 9.74. The molecule has 2 rings (SSSR count). The number of carbonyl (C=O) groups is 1. The Labute approximate surface area is 103 Å². The summed E-state index contributed by atoms with van der Waals surface area (Å²) in [6.45, 7) is 1.92. The molecule has 0 radical (unpaired) electrons. The minimum absolute atomic E-state index is 0.0936. The number of aryl methyl sites for hydroxylation is 1. The van der Waals surface area contributed by atoms with Crippen LogP contribution in [0.3, 0.4) is 0 Å². The van der Waals surface area contributed by atoms with Gasteiger partial charge in [-0.1, -0.05) is 0 Å². The molecule has 1 aromatic carbocycles. The van der Waals surface area contributed by atoms with Crippen LogP contribution >= 0.6 is 0 Å². The number of nitrogen functional groups attached to an aromatic ring is 1. The van der Waals surface area contributed by atoms with Crippen LogP contribution < -0.4 is 11.1 Å². The number of halogens is 1. The molecule has 1 amide bonds. The van der Waals surface area contributed by atoms with E-state index in [1.165, 1.54) is 12.1 Å². The fourth-order valence-corrected chi connectivity index (χ4v) is 1.47. The van der Waals surface area contributed by atoms with Crippen molar-refractivity contribution in [3.05, 3.63) is 47.4 Å². The van der Waals surface area contributed by atoms with Gasteiger partial charge in [-0.2, -0.15) is 0 Å². The molecule has 6 heteroatoms. The molecule has 0 spiro atoms. The van der Waals surface area contributed by atoms with Crippen LogP contribution in [0.5, 0.6) is 0 Å². The lowest BCUT2D eigenvalue weighted by atomic mass is 10.1. The maximum atomic E-state index is 12.8. The van der Waals surface area contributed by atoms with Gasteiger partial charge >= 0.3 is 0 Å². The van der Waals surface area contributed by atoms with Gasteiger partial charge < -0.3 is 15.5 Å². The fraction of sp³-hybridized carbons (Fsp3) is 0.167. The Morgan fingerprint density at radius 3 is 2.94 bits per heavy atom. The lowest BCUT2D eigenvalue weighted by Crippen LogP contribution is -2.24. The zero-order valence-corrected chi connectivity index (χ0v) is 9.74. The molecule has 0 unspecified atom stereocenters. The van der Waals surface area contributed by atoms with Crippen LogP contribution in [0.15, 0.2) is 28.8 Å². The Kier molecular flexibility index (Phi) is 3.27. The van der Waals surface area contributed by atoms with E-state index in [2.05, 4.69) is 10.3 Å². The number of oxazole rings is 1. The summed E-state index contributed by atoms with van der Waals surface area (Å²) >= 11 is 0. The molecule has 0 aliphatic heterocycles. The third-order valence-corrected chi connectivity index (χ3v) is 2.33. The predicted molar refractivity (Wildman–Crippen MR) is 63.2 cm³/mol. The molecule has 0 bridgehead atoms. The van der Waals surface area contributed by atoms with Crippen LogP contribution in [0, 0.1) is 12.7 Å². The SMILES string of the molecule is Cc1cnc(CNC(=O)c2ccc(F)cc2N)o1. The van der Waals surface area contributed by atoms with Gasteiger partial charge in [0, 0.05) is 5.69 Å². The summed E-state index contributed by atoms with van der Waals surface area (Å²) in [5.74, 6) is 0.192. The lowest BCUT2D eigenvalue weighted by molar-refractivity contribution is 0.0948. The van der Waals surface area contributed by atoms with Gasteiger partial charge in [0.05, 0.1) is 18.3 Å². The summed E-state index contributed by atoms with van der Waals surface area (Å²) in [6.07, 6.45) is 1.56. The summed E-state index contributed by atoms with van der Waals surface area (Å²) < 4.78 is 18.0. The van der Waals surface area contributed by atoms with E-state index >= 15 is 0 Å². The largest absolute Gasteiger partial charge is 0.444 e. The van der Waals surface area contributed by atoms with E-state index in [1.54, 1.807) is 13.1 Å². The summed E-state index contributed by atoms with van der Waals surface area (Å²) in [5, 5.41) is 2.59. The number of hydrogen-bond donors (Lipinski definition) is 2. The van der Waals surface area contributed by atoms with Crippen molar-refractivity contribution in [3.8, 4) is 0 Å². The quantitative estimate of drug-likeness (QED) is 0.810. The average Bonchev–Trinajstić information content (AvgIpc) is 2.72. The molecule has 0 saturated carbocycles. The van der Waals surface area contributed by atoms with Gasteiger partial charge in [-0.25, -0.2) is 9.37 Å². The van der Waals surface area contributed by atoms with Gasteiger partial charge in [0.2, 0.25) is 5.89 Å². The second-order valence-electron chi connectivity index (χ2n) is 3.78. The molecule has 1 aromatic heterocycles. The summed E-state index contributed by atoms with van der Waals surface area (Å²) in [4.78, 5) is 15.7. The summed E-state index contributed by atoms with van der Waals surface area (Å²) in [7, 11) is 0. The smallest absolute Gasteiger partial charge is 0.253 e. The van der Waals surface area contributed by atoms with Crippen molar-refractivity contribution in [3.63, 3.8) is 0 Å². The van der Waals surface area contributed by atoms with Crippen molar-refractivity contribution in [1.29, 1.82) is 0 Å². The first-order chi connectivity index (χ1) is 8.56. The second-order valence-corrected chi connectivity index (χ2v) is 3.78. The first-order valence-corrected chi connectivity index (χ1v) is 5.31. The van der Waals surface area contributed by atoms with E-state index in [0.717, 1.165) is 6.07 Å². The number of nitrogens with one attached hydrogen (secondary N) is 1. The molecule has 1 heterocycles. The highest BCUT2D eigenvalue weighted by atomic mass is 19.1. The fourth-order valence-electron chi connectivity index (χ4n) is 1.47. The maximum absolute atomic E-state index is 12.8. The number of benzene rings is 1. The van der Waals surface area contributed by atoms with Crippen LogP contribution in [0.2, 0.25) is 0 Å². The molecule has 0 saturated heterocycles. The first kappa shape index (κ1) is 12.1. The molecule has 0 aliphatic rings. The maximum Gasteiger partial charge on any atom is 0.253 e. The number of carbonyl (C=O) groups excluding carboxylic acids is 1. The number of anilines is 1. The van der Waals surface area contributed by atoms with Crippen LogP contribution in [0.4, 0.5) is 10.1 Å². The summed E-state index contributed by atoms with van der Waals surface area (Å²) in [5.41, 5.74) is 5.87. The minimum Gasteiger partial charge on any atom is -0.444 e. The van der Waals surface area contributed by atoms with Crippen LogP contribution in [0.1, 0.15) is 22.0 Å². The van der Waals surface area contributed by atoms with Gasteiger partial charge in [-0.3, -0.25) is 4.79 Å². The molecule has 2 aromatic rings. The Morgan fingerprint density at radius 2 is 2.33 bits per heavy atom. The zero-order chi connectivity index (χ0) is 13.1. The average molecular weight is 249 g/mol. The van der Waals surface area contributed by atoms with Crippen LogP contribution in [0.25, 0.3) is 0 Å². The Hall–Kier alpha value is -2.37. The van der Waals surface area contributed by atoms with Crippen LogP contribution in [-0.2, 0) is 6.54 Å². The Morgan fingerprint density at radius 1 is 1.56 bits per heavy atom. The van der Waals surface area contributed by atoms with E-state index in [4.69, 9.17) is 10.2 Å². The van der Waals surface area contributed by atoms with Gasteiger partial charge in [-0.05, 0) is 25.1 Å². The number of amides is 1. The van der Waals surface area contributed by atoms with Gasteiger partial charge in [0.15, 0.2) is 0 Å². The molecule has 18 heavy (non-hydrogen) atoms. The monoisotopic (exact) mass is 249 g/mol. The normalized spacial score (nSPS) is 10.3. The van der Waals surface area contributed by atoms with Crippen molar-refractivity contribution in [1.82, 2.24) is 10.3 Å². The molecule has 3 N–H and O–H groups in total. The van der Waals surface area contributed by atoms with E-state index in [1.807, 2.05) is 0 Å². The van der Waals surface area contributed by atoms with Gasteiger partial charge in [0.25, 0.3) is 5.91 Å². The van der Waals surface area contributed by atoms with Gasteiger partial charge in [-0.15, -0.1) is 0 Å². The standard InChI is InChI=1S/C12H12FN3O2/c1-7-5-15-11(18-7)6-16-12(17)9-3-2-8(13)4-10(9)14/h2-5H,6,14H2,1H3,(H,16,17). The molecule has 5 nitrogen and oxygen atoms in total. The predicted octanol–water partition coefficient (Wildman–Crippen LogP) is 1.63. The molecule has 94 valence electrons. The lowest BCUT2D eigenvalue weighted by Gasteiger charge is -2.05. The van der Waals surface area contributed by atoms with Crippen molar-refractivity contribution in [2.75, 3.05) is 5.73 Å². The second kappa shape index (κ2) is 4.87. The Bertz CT molecular complexity index is 580. The van der Waals surface area contributed by atoms with Gasteiger partial charge in [0.1, 0.15) is 11.6 Å². The first-order valence-electron chi connectivity index (χ1n) is 5.31. The third-order valence-electron chi connectivity index (χ3n) is 2.33. The highest BCUT2D eigenvalue weighted by molar-refractivity contribution is 5.98.